The Kier molecular flexibility index (Phi) is 4.88. The minimum Gasteiger partial charge on any atom is -0.493 e. The summed E-state index contributed by atoms with van der Waals surface area (Å²) in [6.45, 7) is 0. The molecule has 0 saturated heterocycles. The summed E-state index contributed by atoms with van der Waals surface area (Å²) >= 11 is 0. The van der Waals surface area contributed by atoms with Crippen molar-refractivity contribution in [2.24, 2.45) is 0 Å². The lowest BCUT2D eigenvalue weighted by molar-refractivity contribution is -0.120. The van der Waals surface area contributed by atoms with E-state index in [1.165, 1.54) is 0 Å². The number of carbonyl (C=O) groups excluding carboxylic acids is 1. The van der Waals surface area contributed by atoms with E-state index in [4.69, 9.17) is 14.2 Å². The third-order valence-electron chi connectivity index (χ3n) is 3.91. The van der Waals surface area contributed by atoms with Crippen molar-refractivity contribution in [2.45, 2.75) is 38.0 Å². The standard InChI is InChI=1S/C16H22O4/c1-18-14-10-9-12(15(19-2)16(14)20-3)11-7-5-4-6-8-13(11)17/h9-11H,4-8H2,1-3H3. The van der Waals surface area contributed by atoms with Crippen LogP contribution in [0.1, 0.15) is 43.6 Å². The lowest BCUT2D eigenvalue weighted by Gasteiger charge is -2.20. The third-order valence-corrected chi connectivity index (χ3v) is 3.91. The number of carbonyl (C=O) groups is 1. The number of hydrogen-bond acceptors (Lipinski definition) is 4. The lowest BCUT2D eigenvalue weighted by Crippen LogP contribution is -2.12. The fourth-order valence-corrected chi connectivity index (χ4v) is 2.89. The average Bonchev–Trinajstić information content (AvgIpc) is 2.70. The summed E-state index contributed by atoms with van der Waals surface area (Å²) in [6, 6.07) is 3.77. The van der Waals surface area contributed by atoms with E-state index < -0.39 is 0 Å². The normalized spacial score (nSPS) is 19.4. The van der Waals surface area contributed by atoms with Crippen LogP contribution in [0, 0.1) is 0 Å². The van der Waals surface area contributed by atoms with Crippen molar-refractivity contribution in [3.05, 3.63) is 17.7 Å². The zero-order valence-corrected chi connectivity index (χ0v) is 12.4. The van der Waals surface area contributed by atoms with E-state index in [-0.39, 0.29) is 5.92 Å². The van der Waals surface area contributed by atoms with Crippen LogP contribution in [0.3, 0.4) is 0 Å². The van der Waals surface area contributed by atoms with Crippen LogP contribution in [0.15, 0.2) is 12.1 Å². The van der Waals surface area contributed by atoms with Crippen LogP contribution < -0.4 is 14.2 Å². The largest absolute Gasteiger partial charge is 0.493 e. The zero-order chi connectivity index (χ0) is 14.5. The highest BCUT2D eigenvalue weighted by molar-refractivity contribution is 5.87. The second-order valence-electron chi connectivity index (χ2n) is 5.04. The van der Waals surface area contributed by atoms with Gasteiger partial charge >= 0.3 is 0 Å². The number of benzene rings is 1. The first-order valence-corrected chi connectivity index (χ1v) is 7.04. The predicted octanol–water partition coefficient (Wildman–Crippen LogP) is 3.33. The Hall–Kier alpha value is -1.71. The van der Waals surface area contributed by atoms with Crippen LogP contribution in [0.5, 0.6) is 17.2 Å². The van der Waals surface area contributed by atoms with Crippen molar-refractivity contribution < 1.29 is 19.0 Å². The second-order valence-corrected chi connectivity index (χ2v) is 5.04. The summed E-state index contributed by atoms with van der Waals surface area (Å²) in [7, 11) is 4.77. The Bertz CT molecular complexity index is 482. The molecule has 1 aliphatic rings. The molecule has 1 atom stereocenters. The number of Topliss-reactive ketones (excluding diaryl/α,β-unsaturated/α-hetero) is 1. The highest BCUT2D eigenvalue weighted by Crippen LogP contribution is 2.44. The lowest BCUT2D eigenvalue weighted by atomic mass is 9.89. The molecular formula is C16H22O4. The molecule has 110 valence electrons. The van der Waals surface area contributed by atoms with Gasteiger partial charge in [0.05, 0.1) is 21.3 Å². The molecule has 1 fully saturated rings. The molecule has 0 aromatic heterocycles. The van der Waals surface area contributed by atoms with Crippen molar-refractivity contribution in [3.63, 3.8) is 0 Å². The molecule has 1 aromatic carbocycles. The molecule has 1 saturated carbocycles. The molecule has 0 amide bonds. The Morgan fingerprint density at radius 3 is 2.35 bits per heavy atom. The molecule has 0 aliphatic heterocycles. The maximum Gasteiger partial charge on any atom is 0.203 e. The minimum absolute atomic E-state index is 0.0905. The molecule has 0 N–H and O–H groups in total. The number of methoxy groups -OCH3 is 3. The molecule has 0 bridgehead atoms. The quantitative estimate of drug-likeness (QED) is 0.792. The molecule has 0 heterocycles. The van der Waals surface area contributed by atoms with Gasteiger partial charge in [0, 0.05) is 17.9 Å². The van der Waals surface area contributed by atoms with Crippen molar-refractivity contribution in [1.29, 1.82) is 0 Å². The van der Waals surface area contributed by atoms with Crippen molar-refractivity contribution in [1.82, 2.24) is 0 Å². The van der Waals surface area contributed by atoms with Gasteiger partial charge in [-0.05, 0) is 18.9 Å². The van der Waals surface area contributed by atoms with Gasteiger partial charge in [-0.1, -0.05) is 18.9 Å². The Morgan fingerprint density at radius 1 is 0.950 bits per heavy atom. The van der Waals surface area contributed by atoms with Crippen molar-refractivity contribution >= 4 is 5.78 Å². The van der Waals surface area contributed by atoms with Gasteiger partial charge in [0.1, 0.15) is 5.78 Å². The molecule has 1 aromatic rings. The Balaban J connectivity index is 2.47. The number of ketones is 1. The molecular weight excluding hydrogens is 256 g/mol. The number of ether oxygens (including phenoxy) is 3. The molecule has 0 radical (unpaired) electrons. The molecule has 1 aliphatic carbocycles. The van der Waals surface area contributed by atoms with Gasteiger partial charge in [0.15, 0.2) is 11.5 Å². The third kappa shape index (κ3) is 2.74. The zero-order valence-electron chi connectivity index (χ0n) is 12.4. The van der Waals surface area contributed by atoms with Gasteiger partial charge in [-0.15, -0.1) is 0 Å². The fraction of sp³-hybridized carbons (Fsp3) is 0.562. The van der Waals surface area contributed by atoms with Gasteiger partial charge in [0.25, 0.3) is 0 Å². The maximum absolute atomic E-state index is 12.3. The summed E-state index contributed by atoms with van der Waals surface area (Å²) in [6.07, 6.45) is 4.73. The summed E-state index contributed by atoms with van der Waals surface area (Å²) in [5.74, 6) is 2.01. The van der Waals surface area contributed by atoms with Crippen molar-refractivity contribution in [3.8, 4) is 17.2 Å². The van der Waals surface area contributed by atoms with E-state index in [0.717, 1.165) is 31.2 Å². The van der Waals surface area contributed by atoms with E-state index in [9.17, 15) is 4.79 Å². The van der Waals surface area contributed by atoms with Gasteiger partial charge in [0.2, 0.25) is 5.75 Å². The smallest absolute Gasteiger partial charge is 0.203 e. The highest BCUT2D eigenvalue weighted by Gasteiger charge is 2.28. The molecule has 4 nitrogen and oxygen atoms in total. The Labute approximate surface area is 120 Å². The fourth-order valence-electron chi connectivity index (χ4n) is 2.89. The number of hydrogen-bond donors (Lipinski definition) is 0. The minimum atomic E-state index is -0.0905. The molecule has 4 heteroatoms. The van der Waals surface area contributed by atoms with Gasteiger partial charge in [-0.25, -0.2) is 0 Å². The Morgan fingerprint density at radius 2 is 1.70 bits per heavy atom. The predicted molar refractivity (Wildman–Crippen MR) is 76.9 cm³/mol. The first kappa shape index (κ1) is 14.7. The van der Waals surface area contributed by atoms with E-state index in [2.05, 4.69) is 0 Å². The van der Waals surface area contributed by atoms with Gasteiger partial charge in [-0.2, -0.15) is 0 Å². The average molecular weight is 278 g/mol. The monoisotopic (exact) mass is 278 g/mol. The van der Waals surface area contributed by atoms with Crippen LogP contribution in [0.4, 0.5) is 0 Å². The summed E-state index contributed by atoms with van der Waals surface area (Å²) < 4.78 is 16.2. The summed E-state index contributed by atoms with van der Waals surface area (Å²) in [4.78, 5) is 12.3. The molecule has 1 unspecified atom stereocenters. The van der Waals surface area contributed by atoms with Crippen LogP contribution in [0.2, 0.25) is 0 Å². The topological polar surface area (TPSA) is 44.8 Å². The van der Waals surface area contributed by atoms with Gasteiger partial charge < -0.3 is 14.2 Å². The molecule has 20 heavy (non-hydrogen) atoms. The SMILES string of the molecule is COc1ccc(C2CCCCCC2=O)c(OC)c1OC. The van der Waals surface area contributed by atoms with Crippen LogP contribution in [0.25, 0.3) is 0 Å². The van der Waals surface area contributed by atoms with Crippen molar-refractivity contribution in [2.75, 3.05) is 21.3 Å². The highest BCUT2D eigenvalue weighted by atomic mass is 16.5. The van der Waals surface area contributed by atoms with E-state index in [1.807, 2.05) is 12.1 Å². The van der Waals surface area contributed by atoms with E-state index in [1.54, 1.807) is 21.3 Å². The molecule has 0 spiro atoms. The first-order valence-electron chi connectivity index (χ1n) is 7.04. The van der Waals surface area contributed by atoms with E-state index in [0.29, 0.717) is 29.5 Å². The van der Waals surface area contributed by atoms with Crippen LogP contribution in [-0.4, -0.2) is 27.1 Å². The first-order chi connectivity index (χ1) is 9.72. The summed E-state index contributed by atoms with van der Waals surface area (Å²) in [5.41, 5.74) is 0.914. The van der Waals surface area contributed by atoms with E-state index >= 15 is 0 Å². The summed E-state index contributed by atoms with van der Waals surface area (Å²) in [5, 5.41) is 0. The second kappa shape index (κ2) is 6.64. The maximum atomic E-state index is 12.3. The van der Waals surface area contributed by atoms with Crippen LogP contribution >= 0.6 is 0 Å². The van der Waals surface area contributed by atoms with Crippen LogP contribution in [-0.2, 0) is 4.79 Å². The van der Waals surface area contributed by atoms with Gasteiger partial charge in [-0.3, -0.25) is 4.79 Å². The molecule has 2 rings (SSSR count). The number of rotatable bonds is 4.